The summed E-state index contributed by atoms with van der Waals surface area (Å²) in [6.07, 6.45) is 0. The largest absolute Gasteiger partial charge is 0.292 e. The third-order valence-corrected chi connectivity index (χ3v) is 10.4. The van der Waals surface area contributed by atoms with E-state index in [0.717, 1.165) is 72.0 Å². The second kappa shape index (κ2) is 12.1. The third-order valence-electron chi connectivity index (χ3n) is 10.4. The lowest BCUT2D eigenvalue weighted by atomic mass is 10.0. The van der Waals surface area contributed by atoms with Gasteiger partial charge in [0.1, 0.15) is 5.52 Å². The molecule has 11 rings (SSSR count). The number of hydrogen-bond acceptors (Lipinski definition) is 3. The normalized spacial score (nSPS) is 11.7. The molecule has 0 bridgehead atoms. The molecule has 6 heteroatoms. The molecular formula is C48H31N6+. The topological polar surface area (TPSA) is 63.5 Å². The predicted molar refractivity (Wildman–Crippen MR) is 218 cm³/mol. The Labute approximate surface area is 310 Å². The molecule has 252 valence electrons. The molecule has 11 aromatic rings. The Hall–Kier alpha value is -7.44. The maximum atomic E-state index is 5.28. The van der Waals surface area contributed by atoms with Gasteiger partial charge in [-0.3, -0.25) is 4.57 Å². The Morgan fingerprint density at radius 3 is 1.50 bits per heavy atom. The van der Waals surface area contributed by atoms with Crippen LogP contribution < -0.4 is 4.40 Å². The molecule has 4 aromatic heterocycles. The van der Waals surface area contributed by atoms with Gasteiger partial charge in [0.15, 0.2) is 28.4 Å². The highest BCUT2D eigenvalue weighted by Crippen LogP contribution is 2.40. The van der Waals surface area contributed by atoms with E-state index in [1.807, 2.05) is 36.4 Å². The second-order valence-corrected chi connectivity index (χ2v) is 13.5. The summed E-state index contributed by atoms with van der Waals surface area (Å²) >= 11 is 0. The molecule has 0 aliphatic rings. The van der Waals surface area contributed by atoms with E-state index in [1.54, 1.807) is 0 Å². The van der Waals surface area contributed by atoms with Crippen LogP contribution in [0.2, 0.25) is 0 Å². The van der Waals surface area contributed by atoms with Gasteiger partial charge in [-0.1, -0.05) is 152 Å². The van der Waals surface area contributed by atoms with Crippen molar-refractivity contribution in [3.8, 4) is 51.4 Å². The van der Waals surface area contributed by atoms with Crippen molar-refractivity contribution in [2.45, 2.75) is 0 Å². The summed E-state index contributed by atoms with van der Waals surface area (Å²) in [5.74, 6) is 2.79. The maximum absolute atomic E-state index is 5.28. The fraction of sp³-hybridized carbons (Fsp3) is 0. The molecule has 7 aromatic carbocycles. The number of para-hydroxylation sites is 1. The fourth-order valence-electron chi connectivity index (χ4n) is 8.06. The zero-order valence-corrected chi connectivity index (χ0v) is 29.1. The molecule has 0 saturated carbocycles. The van der Waals surface area contributed by atoms with Gasteiger partial charge in [0.05, 0.1) is 11.1 Å². The summed E-state index contributed by atoms with van der Waals surface area (Å²) in [7, 11) is 0. The summed E-state index contributed by atoms with van der Waals surface area (Å²) in [4.78, 5) is 19.5. The number of H-pyrrole nitrogens is 1. The van der Waals surface area contributed by atoms with Gasteiger partial charge in [0, 0.05) is 38.2 Å². The van der Waals surface area contributed by atoms with Crippen molar-refractivity contribution in [2.75, 3.05) is 0 Å². The van der Waals surface area contributed by atoms with Gasteiger partial charge in [0.25, 0.3) is 5.82 Å². The van der Waals surface area contributed by atoms with Crippen LogP contribution in [0.3, 0.4) is 0 Å². The number of nitrogens with one attached hydrogen (secondary N) is 1. The van der Waals surface area contributed by atoms with Crippen LogP contribution in [0.25, 0.3) is 100 Å². The molecule has 4 heterocycles. The molecule has 0 saturated heterocycles. The number of fused-ring (bicyclic) bond motifs is 10. The van der Waals surface area contributed by atoms with Crippen LogP contribution in [0, 0.1) is 0 Å². The summed E-state index contributed by atoms with van der Waals surface area (Å²) in [5, 5.41) is 5.72. The molecule has 0 amide bonds. The Kier molecular flexibility index (Phi) is 6.75. The molecule has 54 heavy (non-hydrogen) atoms. The number of hydrogen-bond donors (Lipinski definition) is 1. The highest BCUT2D eigenvalue weighted by Gasteiger charge is 2.30. The molecule has 0 spiro atoms. The van der Waals surface area contributed by atoms with E-state index in [1.165, 1.54) is 10.8 Å². The molecule has 1 N–H and O–H groups in total. The Balaban J connectivity index is 1.38. The predicted octanol–water partition coefficient (Wildman–Crippen LogP) is 11.0. The van der Waals surface area contributed by atoms with E-state index in [9.17, 15) is 0 Å². The van der Waals surface area contributed by atoms with Crippen molar-refractivity contribution in [3.63, 3.8) is 0 Å². The summed E-state index contributed by atoms with van der Waals surface area (Å²) in [6, 6.07) is 63.4. The third kappa shape index (κ3) is 4.60. The molecular weight excluding hydrogens is 661 g/mol. The highest BCUT2D eigenvalue weighted by molar-refractivity contribution is 6.22. The fourth-order valence-corrected chi connectivity index (χ4v) is 8.06. The average molecular weight is 692 g/mol. The van der Waals surface area contributed by atoms with E-state index in [0.29, 0.717) is 17.6 Å². The van der Waals surface area contributed by atoms with E-state index >= 15 is 0 Å². The number of nitrogens with zero attached hydrogens (tertiary/aromatic N) is 5. The van der Waals surface area contributed by atoms with Crippen molar-refractivity contribution in [2.24, 2.45) is 0 Å². The van der Waals surface area contributed by atoms with E-state index in [-0.39, 0.29) is 0 Å². The second-order valence-electron chi connectivity index (χ2n) is 13.5. The molecule has 6 nitrogen and oxygen atoms in total. The SMILES string of the molecule is c1ccc(-c2nc(-c3ccccc3)nc(-n3c4ccccc4c4ccc5c6ccccc6c6c(-c7ccccc7)[nH]c(-c7ccccc7)[n+]6c5c43)n2)cc1. The molecule has 0 atom stereocenters. The van der Waals surface area contributed by atoms with Crippen LogP contribution in [0.1, 0.15) is 0 Å². The lowest BCUT2D eigenvalue weighted by molar-refractivity contribution is -0.465. The van der Waals surface area contributed by atoms with Crippen LogP contribution in [-0.2, 0) is 0 Å². The minimum absolute atomic E-state index is 0.559. The molecule has 0 fully saturated rings. The summed E-state index contributed by atoms with van der Waals surface area (Å²) < 4.78 is 4.68. The van der Waals surface area contributed by atoms with Crippen LogP contribution in [0.5, 0.6) is 0 Å². The zero-order valence-electron chi connectivity index (χ0n) is 29.1. The van der Waals surface area contributed by atoms with Crippen molar-refractivity contribution >= 4 is 49.0 Å². The Morgan fingerprint density at radius 1 is 0.389 bits per heavy atom. The molecule has 0 unspecified atom stereocenters. The van der Waals surface area contributed by atoms with Gasteiger partial charge < -0.3 is 0 Å². The Morgan fingerprint density at radius 2 is 0.870 bits per heavy atom. The first kappa shape index (κ1) is 30.2. The number of aromatic nitrogens is 6. The molecule has 0 radical (unpaired) electrons. The summed E-state index contributed by atoms with van der Waals surface area (Å²) in [6.45, 7) is 0. The number of rotatable bonds is 5. The first-order chi connectivity index (χ1) is 26.8. The quantitative estimate of drug-likeness (QED) is 0.144. The van der Waals surface area contributed by atoms with Gasteiger partial charge in [-0.2, -0.15) is 14.4 Å². The molecule has 0 aliphatic carbocycles. The first-order valence-corrected chi connectivity index (χ1v) is 18.1. The average Bonchev–Trinajstić information content (AvgIpc) is 3.82. The van der Waals surface area contributed by atoms with Gasteiger partial charge >= 0.3 is 0 Å². The van der Waals surface area contributed by atoms with Crippen molar-refractivity contribution < 1.29 is 4.40 Å². The van der Waals surface area contributed by atoms with Crippen LogP contribution in [0.4, 0.5) is 0 Å². The van der Waals surface area contributed by atoms with Crippen LogP contribution in [-0.4, -0.2) is 24.5 Å². The number of benzene rings is 7. The van der Waals surface area contributed by atoms with Gasteiger partial charge in [-0.25, -0.2) is 9.97 Å². The standard InChI is InChI=1S/C48H30N6/c1-5-17-31(18-6-1)41-42-37-27-14-13-25-35(37)38-29-30-39-36-26-15-16-28-40(36)53(43(39)44(38)54(42)47(49-41)34-23-11-4-12-24-34)48-51-45(32-19-7-2-8-20-32)50-46(52-48)33-21-9-3-10-22-33/h1-30H/p+1. The zero-order chi connectivity index (χ0) is 35.6. The van der Waals surface area contributed by atoms with Crippen LogP contribution >= 0.6 is 0 Å². The van der Waals surface area contributed by atoms with Crippen molar-refractivity contribution in [1.82, 2.24) is 24.5 Å². The van der Waals surface area contributed by atoms with Gasteiger partial charge in [-0.15, -0.1) is 0 Å². The minimum Gasteiger partial charge on any atom is -0.273 e. The van der Waals surface area contributed by atoms with Crippen molar-refractivity contribution in [1.29, 1.82) is 0 Å². The van der Waals surface area contributed by atoms with E-state index in [4.69, 9.17) is 15.0 Å². The lowest BCUT2D eigenvalue weighted by Crippen LogP contribution is -2.25. The highest BCUT2D eigenvalue weighted by atomic mass is 15.2. The number of pyridine rings is 1. The van der Waals surface area contributed by atoms with Crippen LogP contribution in [0.15, 0.2) is 182 Å². The van der Waals surface area contributed by atoms with Gasteiger partial charge in [0.2, 0.25) is 5.95 Å². The van der Waals surface area contributed by atoms with Crippen molar-refractivity contribution in [3.05, 3.63) is 182 Å². The molecule has 0 aliphatic heterocycles. The minimum atomic E-state index is 0.559. The lowest BCUT2D eigenvalue weighted by Gasteiger charge is -2.12. The first-order valence-electron chi connectivity index (χ1n) is 18.1. The van der Waals surface area contributed by atoms with E-state index in [2.05, 4.69) is 160 Å². The number of imidazole rings is 1. The monoisotopic (exact) mass is 691 g/mol. The van der Waals surface area contributed by atoms with E-state index < -0.39 is 0 Å². The number of aromatic amines is 1. The maximum Gasteiger partial charge on any atom is 0.292 e. The Bertz CT molecular complexity index is 3130. The smallest absolute Gasteiger partial charge is 0.273 e. The summed E-state index contributed by atoms with van der Waals surface area (Å²) in [5.41, 5.74) is 9.34. The van der Waals surface area contributed by atoms with Gasteiger partial charge in [-0.05, 0) is 35.7 Å².